The van der Waals surface area contributed by atoms with Crippen molar-refractivity contribution in [2.45, 2.75) is 12.6 Å². The van der Waals surface area contributed by atoms with Gasteiger partial charge < -0.3 is 24.7 Å². The number of hydrogen-bond donors (Lipinski definition) is 1. The van der Waals surface area contributed by atoms with E-state index in [4.69, 9.17) is 36.1 Å². The minimum absolute atomic E-state index is 0.140. The summed E-state index contributed by atoms with van der Waals surface area (Å²) in [4.78, 5) is 13.8. The highest BCUT2D eigenvalue weighted by Crippen LogP contribution is 2.28. The van der Waals surface area contributed by atoms with Crippen molar-refractivity contribution >= 4 is 5.69 Å². The van der Waals surface area contributed by atoms with E-state index in [1.165, 1.54) is 0 Å². The SMILES string of the molecule is C#Cc1cccc(C(c2ccc(N)cc2)N2CCOCCOCCN(Cc3ccccn3)CCOCCOCC2)n1. The van der Waals surface area contributed by atoms with Crippen LogP contribution in [0.5, 0.6) is 0 Å². The van der Waals surface area contributed by atoms with E-state index in [1.807, 2.05) is 66.9 Å². The highest BCUT2D eigenvalue weighted by molar-refractivity contribution is 5.42. The van der Waals surface area contributed by atoms with Gasteiger partial charge in [0.25, 0.3) is 0 Å². The van der Waals surface area contributed by atoms with E-state index in [0.29, 0.717) is 77.3 Å². The molecular weight excluding hydrogens is 518 g/mol. The van der Waals surface area contributed by atoms with E-state index < -0.39 is 0 Å². The molecule has 9 heteroatoms. The van der Waals surface area contributed by atoms with Crippen molar-refractivity contribution in [3.63, 3.8) is 0 Å². The summed E-state index contributed by atoms with van der Waals surface area (Å²) in [7, 11) is 0. The predicted octanol–water partition coefficient (Wildman–Crippen LogP) is 3.01. The van der Waals surface area contributed by atoms with Crippen LogP contribution in [0.25, 0.3) is 0 Å². The van der Waals surface area contributed by atoms with Crippen LogP contribution >= 0.6 is 0 Å². The number of nitrogens with zero attached hydrogens (tertiary/aromatic N) is 4. The van der Waals surface area contributed by atoms with Gasteiger partial charge in [-0.25, -0.2) is 4.98 Å². The van der Waals surface area contributed by atoms with Gasteiger partial charge in [-0.05, 0) is 42.0 Å². The summed E-state index contributed by atoms with van der Waals surface area (Å²) in [5, 5.41) is 0. The van der Waals surface area contributed by atoms with Gasteiger partial charge in [-0.1, -0.05) is 30.2 Å². The van der Waals surface area contributed by atoms with Crippen molar-refractivity contribution in [2.24, 2.45) is 0 Å². The molecule has 0 bridgehead atoms. The molecule has 1 fully saturated rings. The fourth-order valence-corrected chi connectivity index (χ4v) is 4.69. The molecule has 1 atom stereocenters. The van der Waals surface area contributed by atoms with Gasteiger partial charge in [0.15, 0.2) is 0 Å². The van der Waals surface area contributed by atoms with Crippen LogP contribution in [0.3, 0.4) is 0 Å². The molecule has 2 aromatic heterocycles. The third kappa shape index (κ3) is 10.5. The van der Waals surface area contributed by atoms with E-state index in [9.17, 15) is 0 Å². The number of benzene rings is 1. The van der Waals surface area contributed by atoms with Gasteiger partial charge in [0.05, 0.1) is 70.3 Å². The van der Waals surface area contributed by atoms with Crippen LogP contribution in [0, 0.1) is 12.3 Å². The molecule has 9 nitrogen and oxygen atoms in total. The van der Waals surface area contributed by atoms with Gasteiger partial charge in [-0.15, -0.1) is 6.42 Å². The molecule has 41 heavy (non-hydrogen) atoms. The molecule has 3 aromatic rings. The average molecular weight is 560 g/mol. The Labute approximate surface area is 243 Å². The molecule has 1 aliphatic heterocycles. The van der Waals surface area contributed by atoms with Crippen LogP contribution < -0.4 is 5.73 Å². The fraction of sp³-hybridized carbons (Fsp3) is 0.438. The number of hydrogen-bond acceptors (Lipinski definition) is 9. The summed E-state index contributed by atoms with van der Waals surface area (Å²) in [6, 6.07) is 19.5. The summed E-state index contributed by atoms with van der Waals surface area (Å²) >= 11 is 0. The second-order valence-corrected chi connectivity index (χ2v) is 9.74. The zero-order chi connectivity index (χ0) is 28.5. The van der Waals surface area contributed by atoms with Crippen LogP contribution in [-0.4, -0.2) is 98.8 Å². The Morgan fingerprint density at radius 2 is 1.39 bits per heavy atom. The molecule has 1 aromatic carbocycles. The van der Waals surface area contributed by atoms with Crippen LogP contribution in [0.2, 0.25) is 0 Å². The van der Waals surface area contributed by atoms with Crippen molar-refractivity contribution < 1.29 is 18.9 Å². The number of ether oxygens (including phenoxy) is 4. The number of rotatable bonds is 5. The van der Waals surface area contributed by atoms with Crippen LogP contribution in [0.15, 0.2) is 66.9 Å². The topological polar surface area (TPSA) is 95.2 Å². The molecule has 3 heterocycles. The van der Waals surface area contributed by atoms with Crippen molar-refractivity contribution in [3.8, 4) is 12.3 Å². The largest absolute Gasteiger partial charge is 0.399 e. The third-order valence-corrected chi connectivity index (χ3v) is 6.82. The van der Waals surface area contributed by atoms with Gasteiger partial charge >= 0.3 is 0 Å². The molecule has 1 aliphatic rings. The molecule has 0 saturated carbocycles. The number of anilines is 1. The number of terminal acetylenes is 1. The second kappa shape index (κ2) is 17.5. The lowest BCUT2D eigenvalue weighted by atomic mass is 10.0. The van der Waals surface area contributed by atoms with Crippen molar-refractivity contribution in [3.05, 3.63) is 89.5 Å². The maximum absolute atomic E-state index is 6.00. The monoisotopic (exact) mass is 559 g/mol. The lowest BCUT2D eigenvalue weighted by Crippen LogP contribution is -2.36. The normalized spacial score (nSPS) is 18.5. The van der Waals surface area contributed by atoms with E-state index in [0.717, 1.165) is 36.6 Å². The highest BCUT2D eigenvalue weighted by Gasteiger charge is 2.24. The lowest BCUT2D eigenvalue weighted by molar-refractivity contribution is 0.00333. The van der Waals surface area contributed by atoms with Gasteiger partial charge in [0, 0.05) is 44.6 Å². The average Bonchev–Trinajstić information content (AvgIpc) is 3.00. The standard InChI is InChI=1S/C32H41N5O4/c1-2-29-7-5-8-31(35-29)32(27-9-11-28(33)12-10-27)37-16-20-40-24-22-38-18-14-36(26-30-6-3-4-13-34-30)15-19-39-23-25-41-21-17-37/h1,3-13,32H,14-26,33H2. The smallest absolute Gasteiger partial charge is 0.113 e. The Morgan fingerprint density at radius 1 is 0.756 bits per heavy atom. The molecule has 1 unspecified atom stereocenters. The van der Waals surface area contributed by atoms with Gasteiger partial charge in [0.1, 0.15) is 5.69 Å². The zero-order valence-corrected chi connectivity index (χ0v) is 23.7. The van der Waals surface area contributed by atoms with Crippen LogP contribution in [-0.2, 0) is 25.5 Å². The van der Waals surface area contributed by atoms with Crippen molar-refractivity contribution in [2.75, 3.05) is 84.8 Å². The van der Waals surface area contributed by atoms with E-state index in [2.05, 4.69) is 20.7 Å². The van der Waals surface area contributed by atoms with E-state index >= 15 is 0 Å². The van der Waals surface area contributed by atoms with Crippen molar-refractivity contribution in [1.82, 2.24) is 19.8 Å². The van der Waals surface area contributed by atoms with E-state index in [1.54, 1.807) is 0 Å². The molecule has 0 radical (unpaired) electrons. The molecular formula is C32H41N5O4. The van der Waals surface area contributed by atoms with Crippen LogP contribution in [0.1, 0.15) is 28.7 Å². The summed E-state index contributed by atoms with van der Waals surface area (Å²) in [5.41, 5.74) is 10.3. The summed E-state index contributed by atoms with van der Waals surface area (Å²) in [6.07, 6.45) is 7.50. The van der Waals surface area contributed by atoms with Crippen LogP contribution in [0.4, 0.5) is 5.69 Å². The Kier molecular flexibility index (Phi) is 13.0. The number of nitrogens with two attached hydrogens (primary N) is 1. The first-order valence-electron chi connectivity index (χ1n) is 14.2. The number of nitrogen functional groups attached to an aromatic ring is 1. The second-order valence-electron chi connectivity index (χ2n) is 9.74. The first kappa shape index (κ1) is 30.6. The maximum Gasteiger partial charge on any atom is 0.113 e. The Hall–Kier alpha value is -3.36. The Bertz CT molecular complexity index is 1170. The van der Waals surface area contributed by atoms with Gasteiger partial charge in [0.2, 0.25) is 0 Å². The Balaban J connectivity index is 1.39. The minimum atomic E-state index is -0.140. The number of pyridine rings is 2. The highest BCUT2D eigenvalue weighted by atomic mass is 16.5. The number of aromatic nitrogens is 2. The lowest BCUT2D eigenvalue weighted by Gasteiger charge is -2.32. The molecule has 4 rings (SSSR count). The van der Waals surface area contributed by atoms with E-state index in [-0.39, 0.29) is 6.04 Å². The zero-order valence-electron chi connectivity index (χ0n) is 23.7. The molecule has 2 N–H and O–H groups in total. The summed E-state index contributed by atoms with van der Waals surface area (Å²) in [5.74, 6) is 2.66. The Morgan fingerprint density at radius 3 is 1.98 bits per heavy atom. The summed E-state index contributed by atoms with van der Waals surface area (Å²) < 4.78 is 23.8. The van der Waals surface area contributed by atoms with Gasteiger partial charge in [-0.2, -0.15) is 0 Å². The molecule has 0 aliphatic carbocycles. The first-order chi connectivity index (χ1) is 20.2. The summed E-state index contributed by atoms with van der Waals surface area (Å²) in [6.45, 7) is 8.09. The first-order valence-corrected chi connectivity index (χ1v) is 14.2. The molecule has 0 spiro atoms. The fourth-order valence-electron chi connectivity index (χ4n) is 4.69. The van der Waals surface area contributed by atoms with Gasteiger partial charge in [-0.3, -0.25) is 14.8 Å². The maximum atomic E-state index is 6.00. The quantitative estimate of drug-likeness (QED) is 0.374. The van der Waals surface area contributed by atoms with Crippen molar-refractivity contribution in [1.29, 1.82) is 0 Å². The molecule has 1 saturated heterocycles. The predicted molar refractivity (Wildman–Crippen MR) is 159 cm³/mol. The molecule has 0 amide bonds. The minimum Gasteiger partial charge on any atom is -0.399 e. The molecule has 218 valence electrons. The third-order valence-electron chi connectivity index (χ3n) is 6.82.